The minimum absolute atomic E-state index is 0.184. The smallest absolute Gasteiger partial charge is 0.250 e. The van der Waals surface area contributed by atoms with Gasteiger partial charge in [-0.15, -0.1) is 0 Å². The fourth-order valence-electron chi connectivity index (χ4n) is 2.78. The van der Waals surface area contributed by atoms with Gasteiger partial charge in [-0.1, -0.05) is 18.2 Å². The van der Waals surface area contributed by atoms with E-state index < -0.39 is 0 Å². The zero-order valence-corrected chi connectivity index (χ0v) is 15.9. The standard InChI is InChI=1S/C20H19F2N7O/c21-15-5-7-16(8-6-15)24-18-25-19(27-20(26-18)29-9-11-30-12-10-29)28-23-13-14-3-1-2-4-17(14)22/h1-8,13H,9-12H2,(H2,24,25,26,27,28)/b23-13-. The molecule has 1 aliphatic heterocycles. The average molecular weight is 411 g/mol. The highest BCUT2D eigenvalue weighted by atomic mass is 19.1. The third kappa shape index (κ3) is 5.03. The summed E-state index contributed by atoms with van der Waals surface area (Å²) < 4.78 is 32.3. The van der Waals surface area contributed by atoms with Crippen LogP contribution in [-0.2, 0) is 4.74 Å². The van der Waals surface area contributed by atoms with Crippen molar-refractivity contribution in [3.8, 4) is 0 Å². The molecular weight excluding hydrogens is 392 g/mol. The van der Waals surface area contributed by atoms with Gasteiger partial charge in [-0.2, -0.15) is 20.1 Å². The highest BCUT2D eigenvalue weighted by molar-refractivity contribution is 5.80. The third-order valence-corrected chi connectivity index (χ3v) is 4.29. The van der Waals surface area contributed by atoms with Crippen LogP contribution in [0.25, 0.3) is 0 Å². The Labute approximate surface area is 171 Å². The van der Waals surface area contributed by atoms with E-state index >= 15 is 0 Å². The van der Waals surface area contributed by atoms with Crippen molar-refractivity contribution in [2.24, 2.45) is 5.10 Å². The van der Waals surface area contributed by atoms with E-state index in [1.807, 2.05) is 4.90 Å². The molecule has 2 N–H and O–H groups in total. The minimum atomic E-state index is -0.383. The average Bonchev–Trinajstić information content (AvgIpc) is 2.77. The number of anilines is 4. The number of morpholine rings is 1. The van der Waals surface area contributed by atoms with Gasteiger partial charge in [-0.25, -0.2) is 14.2 Å². The summed E-state index contributed by atoms with van der Waals surface area (Å²) in [6.45, 7) is 2.41. The normalized spacial score (nSPS) is 14.1. The first-order valence-corrected chi connectivity index (χ1v) is 9.32. The summed E-state index contributed by atoms with van der Waals surface area (Å²) in [6.07, 6.45) is 1.35. The molecule has 0 radical (unpaired) electrons. The Morgan fingerprint density at radius 2 is 1.67 bits per heavy atom. The molecule has 0 aliphatic carbocycles. The number of ether oxygens (including phenoxy) is 1. The van der Waals surface area contributed by atoms with Crippen molar-refractivity contribution >= 4 is 29.7 Å². The number of nitrogens with one attached hydrogen (secondary N) is 2. The molecule has 2 heterocycles. The van der Waals surface area contributed by atoms with Gasteiger partial charge in [0.1, 0.15) is 11.6 Å². The summed E-state index contributed by atoms with van der Waals surface area (Å²) in [5.74, 6) is 0.174. The molecule has 0 saturated carbocycles. The first-order valence-electron chi connectivity index (χ1n) is 9.32. The summed E-state index contributed by atoms with van der Waals surface area (Å²) in [5.41, 5.74) is 3.67. The van der Waals surface area contributed by atoms with Crippen molar-refractivity contribution < 1.29 is 13.5 Å². The van der Waals surface area contributed by atoms with E-state index in [1.54, 1.807) is 30.3 Å². The Morgan fingerprint density at radius 3 is 2.43 bits per heavy atom. The number of hydrogen-bond acceptors (Lipinski definition) is 8. The maximum atomic E-state index is 13.7. The van der Waals surface area contributed by atoms with Crippen molar-refractivity contribution in [3.63, 3.8) is 0 Å². The molecule has 0 atom stereocenters. The Hall–Kier alpha value is -3.66. The van der Waals surface area contributed by atoms with Gasteiger partial charge in [0.15, 0.2) is 0 Å². The Morgan fingerprint density at radius 1 is 0.933 bits per heavy atom. The molecular formula is C20H19F2N7O. The van der Waals surface area contributed by atoms with Crippen LogP contribution in [0.4, 0.5) is 32.3 Å². The lowest BCUT2D eigenvalue weighted by molar-refractivity contribution is 0.122. The number of nitrogens with zero attached hydrogens (tertiary/aromatic N) is 5. The Balaban J connectivity index is 1.57. The van der Waals surface area contributed by atoms with E-state index in [-0.39, 0.29) is 23.5 Å². The zero-order chi connectivity index (χ0) is 20.8. The van der Waals surface area contributed by atoms with Gasteiger partial charge in [0.25, 0.3) is 0 Å². The number of hydrogen-bond donors (Lipinski definition) is 2. The molecule has 0 bridgehead atoms. The molecule has 8 nitrogen and oxygen atoms in total. The predicted octanol–water partition coefficient (Wildman–Crippen LogP) is 3.18. The van der Waals surface area contributed by atoms with E-state index in [2.05, 4.69) is 30.8 Å². The molecule has 30 heavy (non-hydrogen) atoms. The Bertz CT molecular complexity index is 1020. The number of benzene rings is 2. The SMILES string of the molecule is Fc1ccc(Nc2nc(N/N=C\c3ccccc3F)nc(N3CCOCC3)n2)cc1. The van der Waals surface area contributed by atoms with Gasteiger partial charge >= 0.3 is 0 Å². The highest BCUT2D eigenvalue weighted by Gasteiger charge is 2.16. The second-order valence-corrected chi connectivity index (χ2v) is 6.41. The lowest BCUT2D eigenvalue weighted by Gasteiger charge is -2.27. The van der Waals surface area contributed by atoms with Crippen LogP contribution in [0.1, 0.15) is 5.56 Å². The number of rotatable bonds is 6. The van der Waals surface area contributed by atoms with Crippen molar-refractivity contribution in [1.82, 2.24) is 15.0 Å². The van der Waals surface area contributed by atoms with Crippen LogP contribution in [0.15, 0.2) is 53.6 Å². The minimum Gasteiger partial charge on any atom is -0.378 e. The molecule has 10 heteroatoms. The van der Waals surface area contributed by atoms with Gasteiger partial charge in [-0.3, -0.25) is 0 Å². The number of hydrazone groups is 1. The summed E-state index contributed by atoms with van der Waals surface area (Å²) in [6, 6.07) is 12.1. The lowest BCUT2D eigenvalue weighted by Crippen LogP contribution is -2.37. The monoisotopic (exact) mass is 411 g/mol. The molecule has 154 valence electrons. The first-order chi connectivity index (χ1) is 14.7. The predicted molar refractivity (Wildman–Crippen MR) is 110 cm³/mol. The quantitative estimate of drug-likeness (QED) is 0.476. The van der Waals surface area contributed by atoms with E-state index in [1.165, 1.54) is 24.4 Å². The molecule has 0 amide bonds. The van der Waals surface area contributed by atoms with E-state index in [4.69, 9.17) is 4.74 Å². The van der Waals surface area contributed by atoms with Gasteiger partial charge in [0.2, 0.25) is 17.8 Å². The largest absolute Gasteiger partial charge is 0.378 e. The van der Waals surface area contributed by atoms with Gasteiger partial charge < -0.3 is 15.0 Å². The molecule has 1 fully saturated rings. The molecule has 1 aliphatic rings. The van der Waals surface area contributed by atoms with E-state index in [0.29, 0.717) is 43.5 Å². The van der Waals surface area contributed by atoms with Crippen molar-refractivity contribution in [3.05, 3.63) is 65.7 Å². The van der Waals surface area contributed by atoms with Gasteiger partial charge in [-0.05, 0) is 30.3 Å². The third-order valence-electron chi connectivity index (χ3n) is 4.29. The van der Waals surface area contributed by atoms with Gasteiger partial charge in [0, 0.05) is 24.3 Å². The van der Waals surface area contributed by atoms with Crippen molar-refractivity contribution in [2.75, 3.05) is 41.9 Å². The van der Waals surface area contributed by atoms with Crippen LogP contribution < -0.4 is 15.6 Å². The fourth-order valence-corrected chi connectivity index (χ4v) is 2.78. The van der Waals surface area contributed by atoms with Crippen LogP contribution in [0, 0.1) is 11.6 Å². The fraction of sp³-hybridized carbons (Fsp3) is 0.200. The topological polar surface area (TPSA) is 87.6 Å². The summed E-state index contributed by atoms with van der Waals surface area (Å²) in [4.78, 5) is 15.1. The number of aromatic nitrogens is 3. The first kappa shape index (κ1) is 19.6. The lowest BCUT2D eigenvalue weighted by atomic mass is 10.2. The molecule has 1 saturated heterocycles. The molecule has 0 spiro atoms. The van der Waals surface area contributed by atoms with Crippen LogP contribution in [0.3, 0.4) is 0 Å². The van der Waals surface area contributed by atoms with Crippen molar-refractivity contribution in [2.45, 2.75) is 0 Å². The number of halogens is 2. The Kier molecular flexibility index (Phi) is 6.04. The maximum Gasteiger partial charge on any atom is 0.250 e. The van der Waals surface area contributed by atoms with E-state index in [0.717, 1.165) is 0 Å². The van der Waals surface area contributed by atoms with Crippen LogP contribution in [-0.4, -0.2) is 47.5 Å². The molecule has 2 aromatic carbocycles. The van der Waals surface area contributed by atoms with Crippen LogP contribution >= 0.6 is 0 Å². The van der Waals surface area contributed by atoms with Crippen molar-refractivity contribution in [1.29, 1.82) is 0 Å². The van der Waals surface area contributed by atoms with E-state index in [9.17, 15) is 8.78 Å². The van der Waals surface area contributed by atoms with Crippen LogP contribution in [0.5, 0.6) is 0 Å². The molecule has 4 rings (SSSR count). The maximum absolute atomic E-state index is 13.7. The summed E-state index contributed by atoms with van der Waals surface area (Å²) in [7, 11) is 0. The molecule has 3 aromatic rings. The summed E-state index contributed by atoms with van der Waals surface area (Å²) >= 11 is 0. The second-order valence-electron chi connectivity index (χ2n) is 6.41. The zero-order valence-electron chi connectivity index (χ0n) is 15.9. The molecule has 1 aromatic heterocycles. The van der Waals surface area contributed by atoms with Gasteiger partial charge in [0.05, 0.1) is 19.4 Å². The second kappa shape index (κ2) is 9.23. The highest BCUT2D eigenvalue weighted by Crippen LogP contribution is 2.19. The van der Waals surface area contributed by atoms with Crippen LogP contribution in [0.2, 0.25) is 0 Å². The summed E-state index contributed by atoms with van der Waals surface area (Å²) in [5, 5.41) is 7.06. The molecule has 0 unspecified atom stereocenters.